The number of carbonyl (C=O) groups is 1. The number of aromatic nitrogens is 1. The molecule has 0 saturated carbocycles. The van der Waals surface area contributed by atoms with Gasteiger partial charge in [-0.05, 0) is 25.0 Å². The van der Waals surface area contributed by atoms with Gasteiger partial charge in [-0.1, -0.05) is 6.07 Å². The fourth-order valence-electron chi connectivity index (χ4n) is 2.17. The van der Waals surface area contributed by atoms with Crippen molar-refractivity contribution in [2.45, 2.75) is 25.4 Å². The summed E-state index contributed by atoms with van der Waals surface area (Å²) in [5.41, 5.74) is 6.81. The number of nitrogens with two attached hydrogens (primary N) is 1. The number of nitrogens with one attached hydrogen (secondary N) is 1. The van der Waals surface area contributed by atoms with Crippen LogP contribution in [0.2, 0.25) is 0 Å². The number of hydrogen-bond donors (Lipinski definition) is 2. The minimum Gasteiger partial charge on any atom is -0.453 e. The van der Waals surface area contributed by atoms with Crippen molar-refractivity contribution in [2.24, 2.45) is 5.73 Å². The third-order valence-electron chi connectivity index (χ3n) is 3.32. The van der Waals surface area contributed by atoms with Crippen LogP contribution in [0.5, 0.6) is 0 Å². The lowest BCUT2D eigenvalue weighted by molar-refractivity contribution is 0.167. The predicted octanol–water partition coefficient (Wildman–Crippen LogP) is 1.04. The van der Waals surface area contributed by atoms with Crippen LogP contribution < -0.4 is 16.0 Å². The van der Waals surface area contributed by atoms with E-state index < -0.39 is 0 Å². The smallest absolute Gasteiger partial charge is 0.407 e. The summed E-state index contributed by atoms with van der Waals surface area (Å²) < 4.78 is 4.60. The number of carbonyl (C=O) groups excluding carboxylic acids is 1. The van der Waals surface area contributed by atoms with Gasteiger partial charge in [-0.15, -0.1) is 0 Å². The Bertz CT molecular complexity index is 433. The molecule has 2 rings (SSSR count). The molecule has 0 aliphatic carbocycles. The molecule has 6 nitrogen and oxygen atoms in total. The molecule has 1 aromatic heterocycles. The summed E-state index contributed by atoms with van der Waals surface area (Å²) >= 11 is 0. The molecule has 1 aliphatic rings. The van der Waals surface area contributed by atoms with Crippen LogP contribution in [0.15, 0.2) is 18.3 Å². The van der Waals surface area contributed by atoms with Crippen LogP contribution in [0.25, 0.3) is 0 Å². The van der Waals surface area contributed by atoms with Gasteiger partial charge in [0.25, 0.3) is 0 Å². The molecule has 6 heteroatoms. The van der Waals surface area contributed by atoms with Gasteiger partial charge < -0.3 is 20.7 Å². The van der Waals surface area contributed by atoms with E-state index in [1.54, 1.807) is 6.20 Å². The Morgan fingerprint density at radius 2 is 2.42 bits per heavy atom. The largest absolute Gasteiger partial charge is 0.453 e. The summed E-state index contributed by atoms with van der Waals surface area (Å²) in [6, 6.07) is 4.07. The summed E-state index contributed by atoms with van der Waals surface area (Å²) in [6.07, 6.45) is 2.32. The maximum absolute atomic E-state index is 11.1. The molecule has 2 atom stereocenters. The first kappa shape index (κ1) is 13.6. The van der Waals surface area contributed by atoms with Crippen molar-refractivity contribution in [3.05, 3.63) is 23.9 Å². The number of pyridine rings is 1. The SMILES string of the molecule is COC(=O)NC1CCN(c2ccc(C(C)N)cn2)C1. The Hall–Kier alpha value is -1.82. The number of hydrogen-bond acceptors (Lipinski definition) is 5. The molecule has 0 aromatic carbocycles. The Labute approximate surface area is 112 Å². The number of nitrogens with zero attached hydrogens (tertiary/aromatic N) is 2. The highest BCUT2D eigenvalue weighted by Gasteiger charge is 2.24. The second-order valence-corrected chi connectivity index (χ2v) is 4.81. The normalized spacial score (nSPS) is 20.2. The fourth-order valence-corrected chi connectivity index (χ4v) is 2.17. The number of methoxy groups -OCH3 is 1. The van der Waals surface area contributed by atoms with Gasteiger partial charge >= 0.3 is 6.09 Å². The Morgan fingerprint density at radius 1 is 1.63 bits per heavy atom. The second kappa shape index (κ2) is 5.88. The molecular weight excluding hydrogens is 244 g/mol. The van der Waals surface area contributed by atoms with Crippen molar-refractivity contribution in [1.82, 2.24) is 10.3 Å². The zero-order valence-electron chi connectivity index (χ0n) is 11.3. The molecule has 0 bridgehead atoms. The lowest BCUT2D eigenvalue weighted by Crippen LogP contribution is -2.37. The molecule has 0 spiro atoms. The van der Waals surface area contributed by atoms with Crippen LogP contribution in [0.1, 0.15) is 24.9 Å². The van der Waals surface area contributed by atoms with Gasteiger partial charge in [0.1, 0.15) is 5.82 Å². The zero-order valence-corrected chi connectivity index (χ0v) is 11.3. The van der Waals surface area contributed by atoms with E-state index in [1.165, 1.54) is 7.11 Å². The van der Waals surface area contributed by atoms with Crippen LogP contribution in [0, 0.1) is 0 Å². The van der Waals surface area contributed by atoms with Gasteiger partial charge in [0.15, 0.2) is 0 Å². The first-order chi connectivity index (χ1) is 9.10. The number of anilines is 1. The van der Waals surface area contributed by atoms with Crippen LogP contribution in [0.4, 0.5) is 10.6 Å². The highest BCUT2D eigenvalue weighted by Crippen LogP contribution is 2.19. The predicted molar refractivity (Wildman–Crippen MR) is 73.0 cm³/mol. The first-order valence-electron chi connectivity index (χ1n) is 6.41. The molecule has 2 heterocycles. The van der Waals surface area contributed by atoms with Crippen molar-refractivity contribution >= 4 is 11.9 Å². The van der Waals surface area contributed by atoms with Gasteiger partial charge in [0.2, 0.25) is 0 Å². The van der Waals surface area contributed by atoms with Crippen LogP contribution in [-0.2, 0) is 4.74 Å². The average molecular weight is 264 g/mol. The average Bonchev–Trinajstić information content (AvgIpc) is 2.87. The van der Waals surface area contributed by atoms with Crippen molar-refractivity contribution in [3.8, 4) is 0 Å². The summed E-state index contributed by atoms with van der Waals surface area (Å²) in [5, 5.41) is 2.81. The Morgan fingerprint density at radius 3 is 3.00 bits per heavy atom. The summed E-state index contributed by atoms with van der Waals surface area (Å²) in [5.74, 6) is 0.915. The molecule has 1 fully saturated rings. The fraction of sp³-hybridized carbons (Fsp3) is 0.538. The maximum Gasteiger partial charge on any atom is 0.407 e. The highest BCUT2D eigenvalue weighted by atomic mass is 16.5. The number of amides is 1. The molecule has 1 aromatic rings. The standard InChI is InChI=1S/C13H20N4O2/c1-9(14)10-3-4-12(15-7-10)17-6-5-11(8-17)16-13(18)19-2/h3-4,7,9,11H,5-6,8,14H2,1-2H3,(H,16,18). The summed E-state index contributed by atoms with van der Waals surface area (Å²) in [7, 11) is 1.37. The molecular formula is C13H20N4O2. The van der Waals surface area contributed by atoms with Gasteiger partial charge in [-0.25, -0.2) is 9.78 Å². The molecule has 1 aliphatic heterocycles. The molecule has 0 radical (unpaired) electrons. The minimum atomic E-state index is -0.382. The quantitative estimate of drug-likeness (QED) is 0.852. The lowest BCUT2D eigenvalue weighted by atomic mass is 10.1. The van der Waals surface area contributed by atoms with E-state index in [9.17, 15) is 4.79 Å². The molecule has 19 heavy (non-hydrogen) atoms. The van der Waals surface area contributed by atoms with Crippen molar-refractivity contribution in [2.75, 3.05) is 25.1 Å². The number of alkyl carbamates (subject to hydrolysis) is 1. The van der Waals surface area contributed by atoms with E-state index in [-0.39, 0.29) is 18.2 Å². The molecule has 104 valence electrons. The van der Waals surface area contributed by atoms with E-state index in [0.29, 0.717) is 0 Å². The van der Waals surface area contributed by atoms with Crippen molar-refractivity contribution in [3.63, 3.8) is 0 Å². The summed E-state index contributed by atoms with van der Waals surface area (Å²) in [4.78, 5) is 17.7. The van der Waals surface area contributed by atoms with Crippen molar-refractivity contribution in [1.29, 1.82) is 0 Å². The number of rotatable bonds is 3. The number of ether oxygens (including phenoxy) is 1. The maximum atomic E-state index is 11.1. The lowest BCUT2D eigenvalue weighted by Gasteiger charge is -2.18. The Balaban J connectivity index is 1.95. The molecule has 1 saturated heterocycles. The first-order valence-corrected chi connectivity index (χ1v) is 6.41. The third kappa shape index (κ3) is 3.35. The van der Waals surface area contributed by atoms with Crippen molar-refractivity contribution < 1.29 is 9.53 Å². The molecule has 1 amide bonds. The van der Waals surface area contributed by atoms with Crippen LogP contribution in [0.3, 0.4) is 0 Å². The Kier molecular flexibility index (Phi) is 4.21. The van der Waals surface area contributed by atoms with E-state index >= 15 is 0 Å². The van der Waals surface area contributed by atoms with Gasteiger partial charge in [-0.2, -0.15) is 0 Å². The third-order valence-corrected chi connectivity index (χ3v) is 3.32. The van der Waals surface area contributed by atoms with E-state index in [0.717, 1.165) is 30.9 Å². The van der Waals surface area contributed by atoms with E-state index in [4.69, 9.17) is 5.73 Å². The monoisotopic (exact) mass is 264 g/mol. The minimum absolute atomic E-state index is 0.00568. The van der Waals surface area contributed by atoms with Gasteiger partial charge in [0, 0.05) is 25.3 Å². The van der Waals surface area contributed by atoms with E-state index in [1.807, 2.05) is 19.1 Å². The van der Waals surface area contributed by atoms with Crippen LogP contribution >= 0.6 is 0 Å². The molecule has 3 N–H and O–H groups in total. The highest BCUT2D eigenvalue weighted by molar-refractivity contribution is 5.67. The second-order valence-electron chi connectivity index (χ2n) is 4.81. The topological polar surface area (TPSA) is 80.5 Å². The van der Waals surface area contributed by atoms with E-state index in [2.05, 4.69) is 19.9 Å². The van der Waals surface area contributed by atoms with Gasteiger partial charge in [0.05, 0.1) is 13.2 Å². The van der Waals surface area contributed by atoms with Gasteiger partial charge in [-0.3, -0.25) is 0 Å². The molecule has 2 unspecified atom stereocenters. The zero-order chi connectivity index (χ0) is 13.8. The summed E-state index contributed by atoms with van der Waals surface area (Å²) in [6.45, 7) is 3.56. The van der Waals surface area contributed by atoms with Crippen LogP contribution in [-0.4, -0.2) is 37.3 Å².